The van der Waals surface area contributed by atoms with Gasteiger partial charge in [-0.3, -0.25) is 4.99 Å². The highest BCUT2D eigenvalue weighted by molar-refractivity contribution is 5.78. The van der Waals surface area contributed by atoms with E-state index in [2.05, 4.69) is 38.0 Å². The molecule has 100 valence electrons. The van der Waals surface area contributed by atoms with Crippen LogP contribution in [0.4, 0.5) is 0 Å². The minimum absolute atomic E-state index is 0.221. The van der Waals surface area contributed by atoms with Crippen molar-refractivity contribution in [2.45, 2.75) is 65.8 Å². The van der Waals surface area contributed by atoms with Crippen LogP contribution in [0.25, 0.3) is 0 Å². The van der Waals surface area contributed by atoms with Crippen LogP contribution in [0, 0.1) is 11.3 Å². The number of aliphatic imine (C=N–C) groups is 1. The fraction of sp³-hybridized carbons (Fsp3) is 0.929. The van der Waals surface area contributed by atoms with E-state index in [0.717, 1.165) is 6.54 Å². The number of nitrogens with two attached hydrogens (primary N) is 1. The van der Waals surface area contributed by atoms with Gasteiger partial charge in [0.05, 0.1) is 0 Å². The van der Waals surface area contributed by atoms with Crippen LogP contribution in [0.3, 0.4) is 0 Å². The zero-order chi connectivity index (χ0) is 12.9. The number of rotatable bonds is 4. The summed E-state index contributed by atoms with van der Waals surface area (Å²) in [6.45, 7) is 9.76. The molecule has 0 radical (unpaired) electrons. The Morgan fingerprint density at radius 1 is 1.29 bits per heavy atom. The van der Waals surface area contributed by atoms with Crippen molar-refractivity contribution in [2.24, 2.45) is 22.1 Å². The molecule has 1 fully saturated rings. The summed E-state index contributed by atoms with van der Waals surface area (Å²) >= 11 is 0. The second-order valence-electron chi connectivity index (χ2n) is 6.32. The lowest BCUT2D eigenvalue weighted by molar-refractivity contribution is 0.261. The molecule has 0 unspecified atom stereocenters. The zero-order valence-electron chi connectivity index (χ0n) is 11.9. The topological polar surface area (TPSA) is 50.4 Å². The molecule has 1 rings (SSSR count). The molecule has 0 heterocycles. The molecule has 3 nitrogen and oxygen atoms in total. The molecule has 3 N–H and O–H groups in total. The minimum atomic E-state index is 0.221. The molecule has 0 aliphatic heterocycles. The van der Waals surface area contributed by atoms with Crippen LogP contribution in [0.5, 0.6) is 0 Å². The molecule has 0 atom stereocenters. The van der Waals surface area contributed by atoms with Crippen LogP contribution in [-0.4, -0.2) is 18.5 Å². The predicted molar refractivity (Wildman–Crippen MR) is 75.1 cm³/mol. The van der Waals surface area contributed by atoms with Crippen LogP contribution in [0.1, 0.15) is 59.8 Å². The Hall–Kier alpha value is -0.730. The van der Waals surface area contributed by atoms with Gasteiger partial charge >= 0.3 is 0 Å². The lowest BCUT2D eigenvalue weighted by Crippen LogP contribution is -2.41. The van der Waals surface area contributed by atoms with Crippen molar-refractivity contribution in [1.29, 1.82) is 0 Å². The third-order valence-corrected chi connectivity index (χ3v) is 4.18. The van der Waals surface area contributed by atoms with Crippen LogP contribution in [-0.2, 0) is 0 Å². The Kier molecular flexibility index (Phi) is 5.29. The Balaban J connectivity index is 2.38. The van der Waals surface area contributed by atoms with E-state index < -0.39 is 0 Å². The highest BCUT2D eigenvalue weighted by atomic mass is 15.1. The number of nitrogens with zero attached hydrogens (tertiary/aromatic N) is 1. The lowest BCUT2D eigenvalue weighted by atomic mass is 9.81. The molecule has 1 aliphatic rings. The highest BCUT2D eigenvalue weighted by Gasteiger charge is 2.22. The van der Waals surface area contributed by atoms with E-state index in [1.54, 1.807) is 0 Å². The fourth-order valence-corrected chi connectivity index (χ4v) is 1.97. The summed E-state index contributed by atoms with van der Waals surface area (Å²) in [6, 6.07) is 0.551. The van der Waals surface area contributed by atoms with Gasteiger partial charge in [-0.15, -0.1) is 0 Å². The van der Waals surface area contributed by atoms with Crippen molar-refractivity contribution >= 4 is 5.96 Å². The van der Waals surface area contributed by atoms with Gasteiger partial charge in [-0.25, -0.2) is 0 Å². The van der Waals surface area contributed by atoms with Gasteiger partial charge in [0.25, 0.3) is 0 Å². The molecule has 0 bridgehead atoms. The summed E-state index contributed by atoms with van der Waals surface area (Å²) < 4.78 is 0. The smallest absolute Gasteiger partial charge is 0.188 e. The predicted octanol–water partition coefficient (Wildman–Crippen LogP) is 2.91. The van der Waals surface area contributed by atoms with E-state index in [9.17, 15) is 0 Å². The van der Waals surface area contributed by atoms with Crippen molar-refractivity contribution in [2.75, 3.05) is 6.54 Å². The monoisotopic (exact) mass is 239 g/mol. The molecule has 0 spiro atoms. The summed E-state index contributed by atoms with van der Waals surface area (Å²) in [6.07, 6.45) is 6.49. The van der Waals surface area contributed by atoms with Gasteiger partial charge in [0.2, 0.25) is 0 Å². The summed E-state index contributed by atoms with van der Waals surface area (Å²) in [7, 11) is 0. The molecule has 17 heavy (non-hydrogen) atoms. The van der Waals surface area contributed by atoms with Crippen LogP contribution in [0.15, 0.2) is 4.99 Å². The second-order valence-corrected chi connectivity index (χ2v) is 6.32. The minimum Gasteiger partial charge on any atom is -0.370 e. The summed E-state index contributed by atoms with van der Waals surface area (Å²) in [5, 5.41) is 3.36. The maximum atomic E-state index is 5.95. The molecular formula is C14H29N3. The molecule has 0 aromatic heterocycles. The normalized spacial score (nSPS) is 19.7. The third-order valence-electron chi connectivity index (χ3n) is 4.18. The molecule has 0 aromatic rings. The largest absolute Gasteiger partial charge is 0.370 e. The average Bonchev–Trinajstić information content (AvgIpc) is 2.28. The SMILES string of the molecule is CC(C)C(C)(C)CN=C(N)NC1CCCCC1. The van der Waals surface area contributed by atoms with Gasteiger partial charge in [-0.2, -0.15) is 0 Å². The van der Waals surface area contributed by atoms with E-state index in [-0.39, 0.29) is 5.41 Å². The van der Waals surface area contributed by atoms with Gasteiger partial charge in [0.15, 0.2) is 5.96 Å². The molecular weight excluding hydrogens is 210 g/mol. The molecule has 1 saturated carbocycles. The summed E-state index contributed by atoms with van der Waals surface area (Å²) in [4.78, 5) is 4.49. The Morgan fingerprint density at radius 2 is 1.88 bits per heavy atom. The second kappa shape index (κ2) is 6.27. The number of guanidine groups is 1. The van der Waals surface area contributed by atoms with E-state index in [4.69, 9.17) is 5.73 Å². The van der Waals surface area contributed by atoms with Crippen molar-refractivity contribution in [3.8, 4) is 0 Å². The molecule has 3 heteroatoms. The number of nitrogens with one attached hydrogen (secondary N) is 1. The Labute approximate surface area is 106 Å². The third kappa shape index (κ3) is 4.97. The van der Waals surface area contributed by atoms with Crippen molar-refractivity contribution in [1.82, 2.24) is 5.32 Å². The first-order chi connectivity index (χ1) is 7.92. The van der Waals surface area contributed by atoms with E-state index in [1.807, 2.05) is 0 Å². The van der Waals surface area contributed by atoms with E-state index in [1.165, 1.54) is 32.1 Å². The summed E-state index contributed by atoms with van der Waals surface area (Å²) in [5.41, 5.74) is 6.17. The zero-order valence-corrected chi connectivity index (χ0v) is 11.9. The summed E-state index contributed by atoms with van der Waals surface area (Å²) in [5.74, 6) is 1.25. The van der Waals surface area contributed by atoms with Crippen molar-refractivity contribution < 1.29 is 0 Å². The standard InChI is InChI=1S/C14H29N3/c1-11(2)14(3,4)10-16-13(15)17-12-8-6-5-7-9-12/h11-12H,5-10H2,1-4H3,(H3,15,16,17). The van der Waals surface area contributed by atoms with Crippen LogP contribution < -0.4 is 11.1 Å². The van der Waals surface area contributed by atoms with Gasteiger partial charge in [-0.1, -0.05) is 47.0 Å². The molecule has 0 aromatic carbocycles. The average molecular weight is 239 g/mol. The maximum Gasteiger partial charge on any atom is 0.188 e. The first kappa shape index (κ1) is 14.3. The first-order valence-corrected chi connectivity index (χ1v) is 6.98. The maximum absolute atomic E-state index is 5.95. The molecule has 1 aliphatic carbocycles. The number of hydrogen-bond acceptors (Lipinski definition) is 1. The van der Waals surface area contributed by atoms with Crippen molar-refractivity contribution in [3.63, 3.8) is 0 Å². The van der Waals surface area contributed by atoms with Crippen LogP contribution in [0.2, 0.25) is 0 Å². The lowest BCUT2D eigenvalue weighted by Gasteiger charge is -2.28. The first-order valence-electron chi connectivity index (χ1n) is 6.98. The number of hydrogen-bond donors (Lipinski definition) is 2. The van der Waals surface area contributed by atoms with Gasteiger partial charge in [-0.05, 0) is 24.2 Å². The molecule has 0 amide bonds. The van der Waals surface area contributed by atoms with E-state index in [0.29, 0.717) is 17.9 Å². The molecule has 0 saturated heterocycles. The van der Waals surface area contributed by atoms with Gasteiger partial charge in [0.1, 0.15) is 0 Å². The Bertz CT molecular complexity index is 250. The Morgan fingerprint density at radius 3 is 2.41 bits per heavy atom. The highest BCUT2D eigenvalue weighted by Crippen LogP contribution is 2.26. The quantitative estimate of drug-likeness (QED) is 0.585. The van der Waals surface area contributed by atoms with Gasteiger partial charge < -0.3 is 11.1 Å². The van der Waals surface area contributed by atoms with Crippen molar-refractivity contribution in [3.05, 3.63) is 0 Å². The van der Waals surface area contributed by atoms with E-state index >= 15 is 0 Å². The van der Waals surface area contributed by atoms with Crippen LogP contribution >= 0.6 is 0 Å². The fourth-order valence-electron chi connectivity index (χ4n) is 1.97. The van der Waals surface area contributed by atoms with Gasteiger partial charge in [0, 0.05) is 12.6 Å².